The van der Waals surface area contributed by atoms with Crippen LogP contribution >= 0.6 is 12.4 Å². The molecule has 0 heterocycles. The fourth-order valence-electron chi connectivity index (χ4n) is 2.19. The molecule has 0 aliphatic heterocycles. The molecule has 0 radical (unpaired) electrons. The normalized spacial score (nSPS) is 11.6. The standard InChI is InChI=1S/C17H28N2O2.ClH/c1-3-5-7-14(4-2)12-21-13-15-8-6-9-16(10-15)19-17(20)11-18;/h6,8-10,14H,3-5,7,11-13,18H2,1-2H3,(H,19,20);1H. The van der Waals surface area contributed by atoms with Crippen molar-refractivity contribution >= 4 is 24.0 Å². The number of benzene rings is 1. The predicted octanol–water partition coefficient (Wildman–Crippen LogP) is 3.74. The van der Waals surface area contributed by atoms with Gasteiger partial charge in [-0.2, -0.15) is 0 Å². The van der Waals surface area contributed by atoms with Gasteiger partial charge in [0.05, 0.1) is 13.2 Å². The maximum absolute atomic E-state index is 11.3. The lowest BCUT2D eigenvalue weighted by Gasteiger charge is -2.15. The molecular formula is C17H29ClN2O2. The second kappa shape index (κ2) is 12.4. The lowest BCUT2D eigenvalue weighted by atomic mass is 10.0. The summed E-state index contributed by atoms with van der Waals surface area (Å²) in [6.45, 7) is 5.81. The third-order valence-electron chi connectivity index (χ3n) is 3.56. The first-order valence-corrected chi connectivity index (χ1v) is 7.86. The minimum absolute atomic E-state index is 0. The van der Waals surface area contributed by atoms with E-state index in [2.05, 4.69) is 19.2 Å². The summed E-state index contributed by atoms with van der Waals surface area (Å²) in [5.74, 6) is 0.462. The van der Waals surface area contributed by atoms with Crippen LogP contribution in [0, 0.1) is 5.92 Å². The molecule has 4 nitrogen and oxygen atoms in total. The van der Waals surface area contributed by atoms with Gasteiger partial charge < -0.3 is 15.8 Å². The molecule has 5 heteroatoms. The first-order valence-electron chi connectivity index (χ1n) is 7.86. The third kappa shape index (κ3) is 8.37. The number of carbonyl (C=O) groups is 1. The van der Waals surface area contributed by atoms with Crippen molar-refractivity contribution in [1.82, 2.24) is 0 Å². The fraction of sp³-hybridized carbons (Fsp3) is 0.588. The van der Waals surface area contributed by atoms with Crippen LogP contribution < -0.4 is 11.1 Å². The zero-order chi connectivity index (χ0) is 15.5. The highest BCUT2D eigenvalue weighted by molar-refractivity contribution is 5.92. The van der Waals surface area contributed by atoms with Gasteiger partial charge in [0.2, 0.25) is 5.91 Å². The van der Waals surface area contributed by atoms with Gasteiger partial charge in [0, 0.05) is 12.3 Å². The van der Waals surface area contributed by atoms with Gasteiger partial charge in [-0.25, -0.2) is 0 Å². The number of nitrogens with one attached hydrogen (secondary N) is 1. The Labute approximate surface area is 140 Å². The number of unbranched alkanes of at least 4 members (excludes halogenated alkanes) is 1. The molecule has 1 rings (SSSR count). The summed E-state index contributed by atoms with van der Waals surface area (Å²) in [5, 5.41) is 2.75. The quantitative estimate of drug-likeness (QED) is 0.687. The van der Waals surface area contributed by atoms with E-state index < -0.39 is 0 Å². The van der Waals surface area contributed by atoms with Crippen LogP contribution in [0.25, 0.3) is 0 Å². The molecule has 0 aliphatic rings. The second-order valence-corrected chi connectivity index (χ2v) is 5.38. The number of hydrogen-bond donors (Lipinski definition) is 2. The van der Waals surface area contributed by atoms with Crippen molar-refractivity contribution < 1.29 is 9.53 Å². The summed E-state index contributed by atoms with van der Waals surface area (Å²) in [6.07, 6.45) is 4.90. The summed E-state index contributed by atoms with van der Waals surface area (Å²) in [7, 11) is 0. The Kier molecular flexibility index (Phi) is 11.8. The van der Waals surface area contributed by atoms with Gasteiger partial charge in [-0.1, -0.05) is 45.2 Å². The van der Waals surface area contributed by atoms with Crippen LogP contribution in [0.5, 0.6) is 0 Å². The maximum atomic E-state index is 11.3. The summed E-state index contributed by atoms with van der Waals surface area (Å²) >= 11 is 0. The lowest BCUT2D eigenvalue weighted by molar-refractivity contribution is -0.114. The van der Waals surface area contributed by atoms with Crippen LogP contribution in [0.3, 0.4) is 0 Å². The molecular weight excluding hydrogens is 300 g/mol. The van der Waals surface area contributed by atoms with Gasteiger partial charge in [-0.05, 0) is 30.0 Å². The molecule has 3 N–H and O–H groups in total. The van der Waals surface area contributed by atoms with Crippen molar-refractivity contribution in [3.8, 4) is 0 Å². The lowest BCUT2D eigenvalue weighted by Crippen LogP contribution is -2.21. The Hall–Kier alpha value is -1.10. The monoisotopic (exact) mass is 328 g/mol. The minimum atomic E-state index is -0.182. The van der Waals surface area contributed by atoms with E-state index in [1.165, 1.54) is 19.3 Å². The highest BCUT2D eigenvalue weighted by Gasteiger charge is 2.06. The fourth-order valence-corrected chi connectivity index (χ4v) is 2.19. The first kappa shape index (κ1) is 20.9. The van der Waals surface area contributed by atoms with Gasteiger partial charge >= 0.3 is 0 Å². The Bertz CT molecular complexity index is 427. The predicted molar refractivity (Wildman–Crippen MR) is 94.3 cm³/mol. The molecule has 22 heavy (non-hydrogen) atoms. The van der Waals surface area contributed by atoms with Crippen molar-refractivity contribution in [1.29, 1.82) is 0 Å². The number of carbonyl (C=O) groups excluding carboxylic acids is 1. The number of ether oxygens (including phenoxy) is 1. The third-order valence-corrected chi connectivity index (χ3v) is 3.56. The number of rotatable bonds is 10. The molecule has 0 aromatic heterocycles. The van der Waals surface area contributed by atoms with Gasteiger partial charge in [0.15, 0.2) is 0 Å². The van der Waals surface area contributed by atoms with E-state index in [1.54, 1.807) is 0 Å². The molecule has 0 saturated heterocycles. The molecule has 126 valence electrons. The van der Waals surface area contributed by atoms with Crippen molar-refractivity contribution in [2.24, 2.45) is 11.7 Å². The molecule has 1 aromatic rings. The smallest absolute Gasteiger partial charge is 0.238 e. The number of halogens is 1. The van der Waals surface area contributed by atoms with E-state index in [9.17, 15) is 4.79 Å². The molecule has 0 fully saturated rings. The molecule has 0 aliphatic carbocycles. The zero-order valence-corrected chi connectivity index (χ0v) is 14.5. The average Bonchev–Trinajstić information content (AvgIpc) is 2.51. The van der Waals surface area contributed by atoms with Crippen molar-refractivity contribution in [3.63, 3.8) is 0 Å². The Morgan fingerprint density at radius 1 is 1.36 bits per heavy atom. The first-order chi connectivity index (χ1) is 10.2. The number of hydrogen-bond acceptors (Lipinski definition) is 3. The Balaban J connectivity index is 0.00000441. The van der Waals surface area contributed by atoms with Crippen LogP contribution in [0.1, 0.15) is 45.1 Å². The molecule has 1 atom stereocenters. The van der Waals surface area contributed by atoms with Gasteiger partial charge in [0.25, 0.3) is 0 Å². The maximum Gasteiger partial charge on any atom is 0.238 e. The minimum Gasteiger partial charge on any atom is -0.376 e. The number of nitrogens with two attached hydrogens (primary N) is 1. The van der Waals surface area contributed by atoms with E-state index in [4.69, 9.17) is 10.5 Å². The van der Waals surface area contributed by atoms with Gasteiger partial charge in [0.1, 0.15) is 0 Å². The summed E-state index contributed by atoms with van der Waals surface area (Å²) < 4.78 is 5.82. The largest absolute Gasteiger partial charge is 0.376 e. The second-order valence-electron chi connectivity index (χ2n) is 5.38. The van der Waals surface area contributed by atoms with E-state index in [0.717, 1.165) is 24.3 Å². The van der Waals surface area contributed by atoms with Crippen molar-refractivity contribution in [2.75, 3.05) is 18.5 Å². The van der Waals surface area contributed by atoms with Crippen LogP contribution in [0.2, 0.25) is 0 Å². The summed E-state index contributed by atoms with van der Waals surface area (Å²) in [5.41, 5.74) is 7.12. The summed E-state index contributed by atoms with van der Waals surface area (Å²) in [6, 6.07) is 7.71. The number of amides is 1. The molecule has 0 saturated carbocycles. The molecule has 1 amide bonds. The molecule has 0 spiro atoms. The average molecular weight is 329 g/mol. The zero-order valence-electron chi connectivity index (χ0n) is 13.6. The van der Waals surface area contributed by atoms with E-state index >= 15 is 0 Å². The molecule has 1 unspecified atom stereocenters. The Morgan fingerprint density at radius 2 is 2.14 bits per heavy atom. The van der Waals surface area contributed by atoms with Crippen LogP contribution in [-0.2, 0) is 16.1 Å². The van der Waals surface area contributed by atoms with Crippen molar-refractivity contribution in [2.45, 2.75) is 46.1 Å². The molecule has 1 aromatic carbocycles. The van der Waals surface area contributed by atoms with Gasteiger partial charge in [-0.15, -0.1) is 12.4 Å². The molecule has 0 bridgehead atoms. The number of anilines is 1. The van der Waals surface area contributed by atoms with E-state index in [0.29, 0.717) is 12.5 Å². The Morgan fingerprint density at radius 3 is 2.77 bits per heavy atom. The van der Waals surface area contributed by atoms with E-state index in [-0.39, 0.29) is 24.9 Å². The van der Waals surface area contributed by atoms with Crippen molar-refractivity contribution in [3.05, 3.63) is 29.8 Å². The summed E-state index contributed by atoms with van der Waals surface area (Å²) in [4.78, 5) is 11.3. The van der Waals surface area contributed by atoms with Crippen LogP contribution in [-0.4, -0.2) is 19.1 Å². The SMILES string of the molecule is CCCCC(CC)COCc1cccc(NC(=O)CN)c1.Cl. The highest BCUT2D eigenvalue weighted by atomic mass is 35.5. The van der Waals surface area contributed by atoms with Gasteiger partial charge in [-0.3, -0.25) is 4.79 Å². The van der Waals surface area contributed by atoms with Crippen LogP contribution in [0.4, 0.5) is 5.69 Å². The van der Waals surface area contributed by atoms with Crippen LogP contribution in [0.15, 0.2) is 24.3 Å². The topological polar surface area (TPSA) is 64.3 Å². The van der Waals surface area contributed by atoms with E-state index in [1.807, 2.05) is 24.3 Å². The highest BCUT2D eigenvalue weighted by Crippen LogP contribution is 2.15.